The predicted molar refractivity (Wildman–Crippen MR) is 18.8 cm³/mol. The normalized spacial score (nSPS) is 10.6. The van der Waals surface area contributed by atoms with E-state index in [0.29, 0.717) is 0 Å². The third-order valence-corrected chi connectivity index (χ3v) is 0.426. The van der Waals surface area contributed by atoms with E-state index >= 15 is 0 Å². The van der Waals surface area contributed by atoms with E-state index in [4.69, 9.17) is 10.2 Å². The van der Waals surface area contributed by atoms with Gasteiger partial charge in [-0.3, -0.25) is 0 Å². The molecule has 0 spiro atoms. The fourth-order valence-corrected chi connectivity index (χ4v) is 0.0933. The Hall–Kier alpha value is -0.710. The molecule has 0 atom stereocenters. The Morgan fingerprint density at radius 1 is 1.38 bits per heavy atom. The number of aliphatic carboxylic acids is 1. The van der Waals surface area contributed by atoms with Crippen molar-refractivity contribution in [2.24, 2.45) is 0 Å². The highest BCUT2D eigenvalue weighted by molar-refractivity contribution is 5.80. The summed E-state index contributed by atoms with van der Waals surface area (Å²) in [5, 5.41) is 15.4. The van der Waals surface area contributed by atoms with Gasteiger partial charge in [-0.1, -0.05) is 0 Å². The number of alkyl halides is 2. The number of carbonyl (C=O) groups is 1. The van der Waals surface area contributed by atoms with Gasteiger partial charge in [0.2, 0.25) is 0 Å². The van der Waals surface area contributed by atoms with Crippen LogP contribution in [0.4, 0.5) is 8.78 Å². The van der Waals surface area contributed by atoms with Gasteiger partial charge in [-0.15, -0.1) is 0 Å². The Morgan fingerprint density at radius 3 is 1.75 bits per heavy atom. The van der Waals surface area contributed by atoms with E-state index in [-0.39, 0.29) is 0 Å². The van der Waals surface area contributed by atoms with Crippen molar-refractivity contribution >= 4 is 5.97 Å². The first-order chi connectivity index (χ1) is 3.55. The van der Waals surface area contributed by atoms with E-state index in [1.165, 1.54) is 0 Å². The molecule has 0 saturated heterocycles. The fraction of sp³-hybridized carbons (Fsp3) is 0.333. The molecule has 0 aromatic rings. The summed E-state index contributed by atoms with van der Waals surface area (Å²) in [5.74, 6) is -1.99. The molecule has 0 rings (SSSR count). The van der Waals surface area contributed by atoms with Crippen molar-refractivity contribution in [2.45, 2.75) is 6.43 Å². The van der Waals surface area contributed by atoms with Gasteiger partial charge < -0.3 is 10.2 Å². The van der Waals surface area contributed by atoms with Gasteiger partial charge in [-0.05, 0) is 0 Å². The van der Waals surface area contributed by atoms with Crippen LogP contribution in [-0.4, -0.2) is 22.6 Å². The molecule has 0 saturated carbocycles. The zero-order valence-corrected chi connectivity index (χ0v) is 3.64. The monoisotopic (exact) mass is 125 g/mol. The second kappa shape index (κ2) is 2.56. The predicted octanol–water partition coefficient (Wildman–Crippen LogP) is 0.241. The first-order valence-corrected chi connectivity index (χ1v) is 1.63. The Balaban J connectivity index is 3.64. The lowest BCUT2D eigenvalue weighted by Crippen LogP contribution is -2.17. The number of aliphatic hydroxyl groups is 1. The zero-order chi connectivity index (χ0) is 6.73. The van der Waals surface area contributed by atoms with E-state index in [1.807, 2.05) is 0 Å². The molecule has 0 unspecified atom stereocenters. The number of hydrogen-bond donors (Lipinski definition) is 2. The van der Waals surface area contributed by atoms with E-state index < -0.39 is 18.5 Å². The van der Waals surface area contributed by atoms with Crippen LogP contribution in [0, 0.1) is 6.10 Å². The quantitative estimate of drug-likeness (QED) is 0.555. The summed E-state index contributed by atoms with van der Waals surface area (Å²) >= 11 is 0. The van der Waals surface area contributed by atoms with Gasteiger partial charge in [0.05, 0.1) is 0 Å². The van der Waals surface area contributed by atoms with Crippen LogP contribution in [0.1, 0.15) is 0 Å². The molecule has 0 aromatic heterocycles. The Morgan fingerprint density at radius 2 is 1.75 bits per heavy atom. The van der Waals surface area contributed by atoms with Crippen LogP contribution in [0.3, 0.4) is 0 Å². The van der Waals surface area contributed by atoms with Crippen molar-refractivity contribution in [1.29, 1.82) is 0 Å². The lowest BCUT2D eigenvalue weighted by atomic mass is 10.4. The summed E-state index contributed by atoms with van der Waals surface area (Å²) in [6, 6.07) is 0. The average molecular weight is 125 g/mol. The first-order valence-electron chi connectivity index (χ1n) is 1.63. The maximum absolute atomic E-state index is 11.0. The molecule has 0 bridgehead atoms. The molecule has 0 aliphatic heterocycles. The molecule has 47 valence electrons. The number of rotatable bonds is 2. The maximum Gasteiger partial charge on any atom is 0.345 e. The first kappa shape index (κ1) is 7.29. The smallest absolute Gasteiger partial charge is 0.345 e. The molecule has 0 heterocycles. The largest absolute Gasteiger partial charge is 0.479 e. The SMILES string of the molecule is O=C(O)[C](O)C(F)F. The maximum atomic E-state index is 11.0. The molecule has 0 aliphatic carbocycles. The molecule has 8 heavy (non-hydrogen) atoms. The van der Waals surface area contributed by atoms with Gasteiger partial charge in [0.25, 0.3) is 12.5 Å². The number of aliphatic hydroxyl groups excluding tert-OH is 1. The van der Waals surface area contributed by atoms with E-state index in [0.717, 1.165) is 0 Å². The minimum absolute atomic E-state index is 1.81. The lowest BCUT2D eigenvalue weighted by Gasteiger charge is -1.97. The fourth-order valence-electron chi connectivity index (χ4n) is 0.0933. The van der Waals surface area contributed by atoms with Gasteiger partial charge in [-0.2, -0.15) is 0 Å². The summed E-state index contributed by atoms with van der Waals surface area (Å²) < 4.78 is 22.0. The molecule has 5 heteroatoms. The zero-order valence-electron chi connectivity index (χ0n) is 3.64. The number of hydrogen-bond acceptors (Lipinski definition) is 2. The average Bonchev–Trinajstić information content (AvgIpc) is 1.64. The number of carboxylic acid groups (broad SMARTS) is 1. The molecular formula is C3H3F2O3. The van der Waals surface area contributed by atoms with Crippen molar-refractivity contribution in [3.63, 3.8) is 0 Å². The van der Waals surface area contributed by atoms with Gasteiger partial charge in [0, 0.05) is 0 Å². The third kappa shape index (κ3) is 1.83. The molecule has 0 fully saturated rings. The van der Waals surface area contributed by atoms with Crippen LogP contribution < -0.4 is 0 Å². The standard InChI is InChI=1S/C3H3F2O3/c4-2(5)1(6)3(7)8/h2,6H,(H,7,8). The van der Waals surface area contributed by atoms with Crippen molar-refractivity contribution in [3.8, 4) is 0 Å². The van der Waals surface area contributed by atoms with E-state index in [2.05, 4.69) is 0 Å². The van der Waals surface area contributed by atoms with Crippen molar-refractivity contribution in [3.05, 3.63) is 6.10 Å². The van der Waals surface area contributed by atoms with Crippen LogP contribution in [0.5, 0.6) is 0 Å². The van der Waals surface area contributed by atoms with Gasteiger partial charge >= 0.3 is 5.97 Å². The summed E-state index contributed by atoms with van der Waals surface area (Å²) in [4.78, 5) is 9.37. The molecule has 3 nitrogen and oxygen atoms in total. The van der Waals surface area contributed by atoms with Crippen molar-refractivity contribution in [2.75, 3.05) is 0 Å². The lowest BCUT2D eigenvalue weighted by molar-refractivity contribution is -0.143. The van der Waals surface area contributed by atoms with Crippen LogP contribution in [0.25, 0.3) is 0 Å². The molecule has 0 aliphatic rings. The summed E-state index contributed by atoms with van der Waals surface area (Å²) in [5.41, 5.74) is 0. The molecular weight excluding hydrogens is 122 g/mol. The highest BCUT2D eigenvalue weighted by Gasteiger charge is 2.26. The van der Waals surface area contributed by atoms with Gasteiger partial charge in [-0.25, -0.2) is 13.6 Å². The van der Waals surface area contributed by atoms with E-state index in [9.17, 15) is 13.6 Å². The van der Waals surface area contributed by atoms with Crippen LogP contribution in [0.15, 0.2) is 0 Å². The Bertz CT molecular complexity index is 92.5. The van der Waals surface area contributed by atoms with Crippen molar-refractivity contribution < 1.29 is 23.8 Å². The second-order valence-corrected chi connectivity index (χ2v) is 0.991. The van der Waals surface area contributed by atoms with E-state index in [1.54, 1.807) is 0 Å². The van der Waals surface area contributed by atoms with Crippen LogP contribution in [-0.2, 0) is 4.79 Å². The van der Waals surface area contributed by atoms with Crippen LogP contribution in [0.2, 0.25) is 0 Å². The van der Waals surface area contributed by atoms with Gasteiger partial charge in [0.15, 0.2) is 0 Å². The third-order valence-electron chi connectivity index (χ3n) is 0.426. The number of carboxylic acids is 1. The second-order valence-electron chi connectivity index (χ2n) is 0.991. The Kier molecular flexibility index (Phi) is 2.33. The summed E-state index contributed by atoms with van der Waals surface area (Å²) in [6.07, 6.45) is -5.10. The minimum Gasteiger partial charge on any atom is -0.479 e. The highest BCUT2D eigenvalue weighted by Crippen LogP contribution is 2.06. The highest BCUT2D eigenvalue weighted by atomic mass is 19.3. The minimum atomic E-state index is -3.28. The van der Waals surface area contributed by atoms with Gasteiger partial charge in [0.1, 0.15) is 0 Å². The van der Waals surface area contributed by atoms with Crippen LogP contribution >= 0.6 is 0 Å². The number of halogens is 2. The topological polar surface area (TPSA) is 57.5 Å². The molecule has 0 aromatic carbocycles. The van der Waals surface area contributed by atoms with Crippen molar-refractivity contribution in [1.82, 2.24) is 0 Å². The Labute approximate surface area is 43.6 Å². The molecule has 0 amide bonds. The molecule has 2 N–H and O–H groups in total. The summed E-state index contributed by atoms with van der Waals surface area (Å²) in [7, 11) is 0. The summed E-state index contributed by atoms with van der Waals surface area (Å²) in [6.45, 7) is 0. The molecule has 1 radical (unpaired) electrons.